The second-order valence-electron chi connectivity index (χ2n) is 5.98. The summed E-state index contributed by atoms with van der Waals surface area (Å²) in [6.45, 7) is 7.79. The van der Waals surface area contributed by atoms with Crippen LogP contribution in [0.15, 0.2) is 41.8 Å². The van der Waals surface area contributed by atoms with E-state index in [0.717, 1.165) is 18.7 Å². The van der Waals surface area contributed by atoms with Crippen molar-refractivity contribution >= 4 is 11.3 Å². The summed E-state index contributed by atoms with van der Waals surface area (Å²) in [7, 11) is 1.70. The lowest BCUT2D eigenvalue weighted by Gasteiger charge is -2.27. The molecule has 2 nitrogen and oxygen atoms in total. The average Bonchev–Trinajstić information content (AvgIpc) is 3.03. The second kappa shape index (κ2) is 7.10. The van der Waals surface area contributed by atoms with E-state index in [0.29, 0.717) is 6.04 Å². The van der Waals surface area contributed by atoms with Crippen molar-refractivity contribution < 1.29 is 4.74 Å². The maximum Gasteiger partial charge on any atom is 0.118 e. The molecule has 0 aliphatic rings. The molecule has 0 aliphatic carbocycles. The maximum atomic E-state index is 5.23. The van der Waals surface area contributed by atoms with E-state index in [1.54, 1.807) is 7.11 Å². The quantitative estimate of drug-likeness (QED) is 0.795. The first-order valence-corrected chi connectivity index (χ1v) is 8.36. The predicted octanol–water partition coefficient (Wildman–Crippen LogP) is 4.78. The Balaban J connectivity index is 2.02. The topological polar surface area (TPSA) is 21.3 Å². The number of hydrogen-bond donors (Lipinski definition) is 1. The normalized spacial score (nSPS) is 13.1. The van der Waals surface area contributed by atoms with E-state index in [1.165, 1.54) is 10.4 Å². The van der Waals surface area contributed by atoms with Gasteiger partial charge in [0.25, 0.3) is 0 Å². The highest BCUT2D eigenvalue weighted by molar-refractivity contribution is 7.10. The van der Waals surface area contributed by atoms with Gasteiger partial charge in [0.05, 0.1) is 7.11 Å². The Morgan fingerprint density at radius 2 is 1.90 bits per heavy atom. The van der Waals surface area contributed by atoms with Crippen LogP contribution in [-0.2, 0) is 5.41 Å². The first kappa shape index (κ1) is 16.1. The molecule has 1 heterocycles. The number of nitrogens with one attached hydrogen (secondary N) is 1. The number of benzene rings is 1. The third kappa shape index (κ3) is 4.08. The molecule has 0 radical (unpaired) electrons. The molecule has 2 rings (SSSR count). The van der Waals surface area contributed by atoms with Gasteiger partial charge in [-0.1, -0.05) is 39.0 Å². The summed E-state index contributed by atoms with van der Waals surface area (Å²) in [6, 6.07) is 13.1. The van der Waals surface area contributed by atoms with Crippen LogP contribution in [0.25, 0.3) is 0 Å². The number of methoxy groups -OCH3 is 1. The average molecular weight is 303 g/mol. The largest absolute Gasteiger partial charge is 0.497 e. The van der Waals surface area contributed by atoms with Crippen LogP contribution in [-0.4, -0.2) is 13.7 Å². The lowest BCUT2D eigenvalue weighted by Crippen LogP contribution is -2.34. The van der Waals surface area contributed by atoms with Crippen molar-refractivity contribution in [3.05, 3.63) is 52.2 Å². The van der Waals surface area contributed by atoms with E-state index >= 15 is 0 Å². The van der Waals surface area contributed by atoms with Crippen LogP contribution in [0.1, 0.15) is 43.7 Å². The van der Waals surface area contributed by atoms with Gasteiger partial charge in [0.1, 0.15) is 5.75 Å². The Kier molecular flexibility index (Phi) is 5.43. The fourth-order valence-electron chi connectivity index (χ4n) is 2.46. The Bertz CT molecular complexity index is 531. The zero-order valence-electron chi connectivity index (χ0n) is 13.3. The van der Waals surface area contributed by atoms with Gasteiger partial charge in [-0.05, 0) is 35.6 Å². The van der Waals surface area contributed by atoms with Crippen LogP contribution >= 0.6 is 11.3 Å². The molecule has 114 valence electrons. The zero-order chi connectivity index (χ0) is 15.3. The summed E-state index contributed by atoms with van der Waals surface area (Å²) in [4.78, 5) is 1.43. The minimum Gasteiger partial charge on any atom is -0.497 e. The molecule has 1 aromatic carbocycles. The molecule has 21 heavy (non-hydrogen) atoms. The number of rotatable bonds is 7. The van der Waals surface area contributed by atoms with Gasteiger partial charge in [-0.15, -0.1) is 11.3 Å². The van der Waals surface area contributed by atoms with E-state index in [2.05, 4.69) is 55.7 Å². The van der Waals surface area contributed by atoms with Crippen LogP contribution < -0.4 is 10.1 Å². The summed E-state index contributed by atoms with van der Waals surface area (Å²) in [6.07, 6.45) is 1.08. The molecule has 0 saturated heterocycles. The van der Waals surface area contributed by atoms with Gasteiger partial charge in [-0.3, -0.25) is 0 Å². The smallest absolute Gasteiger partial charge is 0.118 e. The van der Waals surface area contributed by atoms with E-state index in [1.807, 2.05) is 23.5 Å². The van der Waals surface area contributed by atoms with Gasteiger partial charge in [0.2, 0.25) is 0 Å². The van der Waals surface area contributed by atoms with Crippen molar-refractivity contribution in [3.8, 4) is 5.75 Å². The molecular formula is C18H25NOS. The third-order valence-electron chi connectivity index (χ3n) is 3.91. The Hall–Kier alpha value is -1.32. The minimum atomic E-state index is 0.161. The molecule has 3 heteroatoms. The monoisotopic (exact) mass is 303 g/mol. The lowest BCUT2D eigenvalue weighted by molar-refractivity contribution is 0.411. The van der Waals surface area contributed by atoms with Crippen molar-refractivity contribution in [3.63, 3.8) is 0 Å². The van der Waals surface area contributed by atoms with Crippen LogP contribution in [0.5, 0.6) is 5.75 Å². The molecule has 0 aliphatic heterocycles. The van der Waals surface area contributed by atoms with Crippen LogP contribution in [0.3, 0.4) is 0 Å². The molecule has 0 saturated carbocycles. The molecule has 0 bridgehead atoms. The van der Waals surface area contributed by atoms with Crippen molar-refractivity contribution in [1.82, 2.24) is 5.32 Å². The van der Waals surface area contributed by atoms with E-state index in [4.69, 9.17) is 4.74 Å². The Morgan fingerprint density at radius 3 is 2.43 bits per heavy atom. The van der Waals surface area contributed by atoms with Crippen LogP contribution in [0, 0.1) is 0 Å². The number of thiophene rings is 1. The van der Waals surface area contributed by atoms with Crippen LogP contribution in [0.2, 0.25) is 0 Å². The summed E-state index contributed by atoms with van der Waals surface area (Å²) in [5.41, 5.74) is 1.48. The SMILES string of the molecule is CCC(NCC(C)(C)c1cccs1)c1ccc(OC)cc1. The number of hydrogen-bond acceptors (Lipinski definition) is 3. The summed E-state index contributed by atoms with van der Waals surface area (Å²) < 4.78 is 5.23. The second-order valence-corrected chi connectivity index (χ2v) is 6.92. The van der Waals surface area contributed by atoms with Crippen molar-refractivity contribution in [2.75, 3.05) is 13.7 Å². The van der Waals surface area contributed by atoms with Gasteiger partial charge in [0, 0.05) is 22.9 Å². The standard InChI is InChI=1S/C18H25NOS/c1-5-16(14-8-10-15(20-4)11-9-14)19-13-18(2,3)17-7-6-12-21-17/h6-12,16,19H,5,13H2,1-4H3. The lowest BCUT2D eigenvalue weighted by atomic mass is 9.90. The number of ether oxygens (including phenoxy) is 1. The van der Waals surface area contributed by atoms with E-state index in [-0.39, 0.29) is 5.41 Å². The van der Waals surface area contributed by atoms with Gasteiger partial charge >= 0.3 is 0 Å². The van der Waals surface area contributed by atoms with Crippen LogP contribution in [0.4, 0.5) is 0 Å². The Labute approximate surface area is 132 Å². The maximum absolute atomic E-state index is 5.23. The molecule has 1 unspecified atom stereocenters. The highest BCUT2D eigenvalue weighted by Gasteiger charge is 2.23. The van der Waals surface area contributed by atoms with Gasteiger partial charge < -0.3 is 10.1 Å². The summed E-state index contributed by atoms with van der Waals surface area (Å²) >= 11 is 1.83. The van der Waals surface area contributed by atoms with Crippen molar-refractivity contribution in [2.45, 2.75) is 38.6 Å². The molecule has 1 N–H and O–H groups in total. The van der Waals surface area contributed by atoms with Crippen molar-refractivity contribution in [2.24, 2.45) is 0 Å². The molecule has 1 aromatic heterocycles. The molecule has 2 aromatic rings. The first-order valence-electron chi connectivity index (χ1n) is 7.48. The first-order chi connectivity index (χ1) is 10.1. The molecule has 0 fully saturated rings. The predicted molar refractivity (Wildman–Crippen MR) is 91.4 cm³/mol. The Morgan fingerprint density at radius 1 is 1.19 bits per heavy atom. The molecule has 0 amide bonds. The summed E-state index contributed by atoms with van der Waals surface area (Å²) in [5, 5.41) is 5.87. The van der Waals surface area contributed by atoms with Gasteiger partial charge in [-0.25, -0.2) is 0 Å². The third-order valence-corrected chi connectivity index (χ3v) is 5.14. The molecule has 0 spiro atoms. The molecular weight excluding hydrogens is 278 g/mol. The fourth-order valence-corrected chi connectivity index (χ4v) is 3.32. The van der Waals surface area contributed by atoms with Gasteiger partial charge in [-0.2, -0.15) is 0 Å². The minimum absolute atomic E-state index is 0.161. The van der Waals surface area contributed by atoms with Crippen molar-refractivity contribution in [1.29, 1.82) is 0 Å². The zero-order valence-corrected chi connectivity index (χ0v) is 14.2. The summed E-state index contributed by atoms with van der Waals surface area (Å²) in [5.74, 6) is 0.910. The van der Waals surface area contributed by atoms with E-state index in [9.17, 15) is 0 Å². The highest BCUT2D eigenvalue weighted by atomic mass is 32.1. The fraction of sp³-hybridized carbons (Fsp3) is 0.444. The molecule has 1 atom stereocenters. The van der Waals surface area contributed by atoms with E-state index < -0.39 is 0 Å². The highest BCUT2D eigenvalue weighted by Crippen LogP contribution is 2.28. The van der Waals surface area contributed by atoms with Gasteiger partial charge in [0.15, 0.2) is 0 Å².